The molecular weight excluding hydrogens is 270 g/mol. The molecule has 1 saturated heterocycles. The van der Waals surface area contributed by atoms with Gasteiger partial charge in [0, 0.05) is 37.3 Å². The molecule has 1 aliphatic rings. The number of ether oxygens (including phenoxy) is 1. The number of likely N-dealkylation sites (tertiary alicyclic amines) is 1. The molecule has 0 unspecified atom stereocenters. The molecule has 1 aliphatic heterocycles. The lowest BCUT2D eigenvalue weighted by Crippen LogP contribution is -2.38. The molecule has 21 heavy (non-hydrogen) atoms. The number of aromatic nitrogens is 3. The average molecular weight is 289 g/mol. The lowest BCUT2D eigenvalue weighted by atomic mass is 10.0. The Morgan fingerprint density at radius 1 is 1.38 bits per heavy atom. The van der Waals surface area contributed by atoms with E-state index in [-0.39, 0.29) is 0 Å². The molecule has 7 nitrogen and oxygen atoms in total. The second kappa shape index (κ2) is 6.53. The average Bonchev–Trinajstić information content (AvgIpc) is 3.02. The van der Waals surface area contributed by atoms with Crippen LogP contribution in [0.25, 0.3) is 0 Å². The van der Waals surface area contributed by atoms with Crippen LogP contribution in [0.2, 0.25) is 0 Å². The van der Waals surface area contributed by atoms with E-state index in [2.05, 4.69) is 25.3 Å². The van der Waals surface area contributed by atoms with Crippen molar-refractivity contribution in [3.8, 4) is 5.88 Å². The Morgan fingerprint density at radius 2 is 2.24 bits per heavy atom. The van der Waals surface area contributed by atoms with E-state index in [9.17, 15) is 0 Å². The molecule has 1 N–H and O–H groups in total. The molecule has 0 spiro atoms. The van der Waals surface area contributed by atoms with Gasteiger partial charge in [0.2, 0.25) is 5.88 Å². The number of hydrogen-bond donors (Lipinski definition) is 1. The van der Waals surface area contributed by atoms with Crippen molar-refractivity contribution < 1.29 is 9.26 Å². The quantitative estimate of drug-likeness (QED) is 0.894. The van der Waals surface area contributed by atoms with Gasteiger partial charge >= 0.3 is 0 Å². The largest absolute Gasteiger partial charge is 0.481 e. The van der Waals surface area contributed by atoms with Crippen LogP contribution in [0, 0.1) is 0 Å². The third-order valence-corrected chi connectivity index (χ3v) is 3.68. The smallest absolute Gasteiger partial charge is 0.218 e. The Balaban J connectivity index is 1.49. The number of methoxy groups -OCH3 is 1. The van der Waals surface area contributed by atoms with E-state index in [0.717, 1.165) is 43.9 Å². The zero-order valence-corrected chi connectivity index (χ0v) is 12.0. The van der Waals surface area contributed by atoms with Gasteiger partial charge in [-0.25, -0.2) is 9.97 Å². The van der Waals surface area contributed by atoms with E-state index in [1.54, 1.807) is 19.6 Å². The molecule has 112 valence electrons. The summed E-state index contributed by atoms with van der Waals surface area (Å²) in [4.78, 5) is 10.6. The third-order valence-electron chi connectivity index (χ3n) is 3.68. The molecule has 3 heterocycles. The Labute approximate surface area is 123 Å². The molecule has 0 radical (unpaired) electrons. The van der Waals surface area contributed by atoms with Gasteiger partial charge in [0.15, 0.2) is 0 Å². The molecule has 2 aromatic heterocycles. The summed E-state index contributed by atoms with van der Waals surface area (Å²) in [5.41, 5.74) is 1.13. The Morgan fingerprint density at radius 3 is 2.95 bits per heavy atom. The predicted molar refractivity (Wildman–Crippen MR) is 77.0 cm³/mol. The first-order valence-electron chi connectivity index (χ1n) is 7.06. The van der Waals surface area contributed by atoms with Crippen LogP contribution in [0.3, 0.4) is 0 Å². The van der Waals surface area contributed by atoms with Crippen LogP contribution in [-0.4, -0.2) is 46.3 Å². The molecule has 1 fully saturated rings. The van der Waals surface area contributed by atoms with Crippen molar-refractivity contribution >= 4 is 5.82 Å². The normalized spacial score (nSPS) is 16.8. The summed E-state index contributed by atoms with van der Waals surface area (Å²) in [7, 11) is 1.61. The fourth-order valence-electron chi connectivity index (χ4n) is 2.54. The van der Waals surface area contributed by atoms with Crippen LogP contribution in [0.4, 0.5) is 5.82 Å². The lowest BCUT2D eigenvalue weighted by Gasteiger charge is -2.32. The summed E-state index contributed by atoms with van der Waals surface area (Å²) in [6, 6.07) is 2.26. The van der Waals surface area contributed by atoms with Crippen LogP contribution < -0.4 is 10.1 Å². The van der Waals surface area contributed by atoms with Crippen molar-refractivity contribution in [3.63, 3.8) is 0 Å². The summed E-state index contributed by atoms with van der Waals surface area (Å²) in [6.07, 6.45) is 7.16. The number of piperidine rings is 1. The predicted octanol–water partition coefficient (Wildman–Crippen LogP) is 1.55. The molecule has 0 aliphatic carbocycles. The fraction of sp³-hybridized carbons (Fsp3) is 0.500. The van der Waals surface area contributed by atoms with Gasteiger partial charge in [-0.15, -0.1) is 0 Å². The molecule has 0 saturated carbocycles. The number of anilines is 1. The molecule has 7 heteroatoms. The standard InChI is InChI=1S/C14H19N5O2/c1-20-14-6-13(15-10-16-14)18-12-2-4-19(5-3-12)8-11-7-17-21-9-11/h6-7,9-10,12H,2-5,8H2,1H3,(H,15,16,18). The minimum atomic E-state index is 0.434. The monoisotopic (exact) mass is 289 g/mol. The minimum absolute atomic E-state index is 0.434. The van der Waals surface area contributed by atoms with Crippen molar-refractivity contribution in [1.82, 2.24) is 20.0 Å². The second-order valence-corrected chi connectivity index (χ2v) is 5.17. The maximum Gasteiger partial charge on any atom is 0.218 e. The fourth-order valence-corrected chi connectivity index (χ4v) is 2.54. The first kappa shape index (κ1) is 13.8. The van der Waals surface area contributed by atoms with Gasteiger partial charge in [-0.2, -0.15) is 0 Å². The number of nitrogens with zero attached hydrogens (tertiary/aromatic N) is 4. The third kappa shape index (κ3) is 3.69. The van der Waals surface area contributed by atoms with E-state index in [1.165, 1.54) is 6.33 Å². The van der Waals surface area contributed by atoms with Crippen molar-refractivity contribution in [1.29, 1.82) is 0 Å². The van der Waals surface area contributed by atoms with Crippen LogP contribution in [0.15, 0.2) is 29.4 Å². The molecule has 0 atom stereocenters. The number of hydrogen-bond acceptors (Lipinski definition) is 7. The van der Waals surface area contributed by atoms with Crippen LogP contribution in [0.1, 0.15) is 18.4 Å². The molecule has 3 rings (SSSR count). The van der Waals surface area contributed by atoms with E-state index in [4.69, 9.17) is 9.26 Å². The van der Waals surface area contributed by atoms with Gasteiger partial charge in [0.1, 0.15) is 18.4 Å². The van der Waals surface area contributed by atoms with Gasteiger partial charge in [-0.3, -0.25) is 4.90 Å². The first-order valence-corrected chi connectivity index (χ1v) is 7.06. The zero-order valence-electron chi connectivity index (χ0n) is 12.0. The lowest BCUT2D eigenvalue weighted by molar-refractivity contribution is 0.210. The highest BCUT2D eigenvalue weighted by atomic mass is 16.5. The van der Waals surface area contributed by atoms with Crippen LogP contribution >= 0.6 is 0 Å². The van der Waals surface area contributed by atoms with E-state index < -0.39 is 0 Å². The van der Waals surface area contributed by atoms with Crippen molar-refractivity contribution in [3.05, 3.63) is 30.4 Å². The van der Waals surface area contributed by atoms with Crippen molar-refractivity contribution in [2.24, 2.45) is 0 Å². The van der Waals surface area contributed by atoms with Gasteiger partial charge in [-0.1, -0.05) is 5.16 Å². The summed E-state index contributed by atoms with van der Waals surface area (Å²) in [5.74, 6) is 1.40. The summed E-state index contributed by atoms with van der Waals surface area (Å²) in [6.45, 7) is 2.99. The Kier molecular flexibility index (Phi) is 4.30. The second-order valence-electron chi connectivity index (χ2n) is 5.17. The molecule has 2 aromatic rings. The topological polar surface area (TPSA) is 76.3 Å². The number of rotatable bonds is 5. The molecule has 0 aromatic carbocycles. The van der Waals surface area contributed by atoms with Crippen molar-refractivity contribution in [2.75, 3.05) is 25.5 Å². The van der Waals surface area contributed by atoms with Gasteiger partial charge < -0.3 is 14.6 Å². The summed E-state index contributed by atoms with van der Waals surface area (Å²) in [5, 5.41) is 7.18. The maximum absolute atomic E-state index is 5.11. The van der Waals surface area contributed by atoms with E-state index >= 15 is 0 Å². The highest BCUT2D eigenvalue weighted by Gasteiger charge is 2.20. The van der Waals surface area contributed by atoms with E-state index in [1.807, 2.05) is 6.07 Å². The Bertz CT molecular complexity index is 552. The number of nitrogens with one attached hydrogen (secondary N) is 1. The summed E-state index contributed by atoms with van der Waals surface area (Å²) >= 11 is 0. The Hall–Kier alpha value is -2.15. The SMILES string of the molecule is COc1cc(NC2CCN(Cc3cnoc3)CC2)ncn1. The highest BCUT2D eigenvalue weighted by Crippen LogP contribution is 2.18. The molecule has 0 amide bonds. The van der Waals surface area contributed by atoms with Gasteiger partial charge in [0.25, 0.3) is 0 Å². The van der Waals surface area contributed by atoms with Gasteiger partial charge in [0.05, 0.1) is 13.3 Å². The minimum Gasteiger partial charge on any atom is -0.481 e. The van der Waals surface area contributed by atoms with Crippen LogP contribution in [-0.2, 0) is 6.54 Å². The van der Waals surface area contributed by atoms with E-state index in [0.29, 0.717) is 11.9 Å². The first-order chi connectivity index (χ1) is 10.3. The van der Waals surface area contributed by atoms with Crippen molar-refractivity contribution in [2.45, 2.75) is 25.4 Å². The maximum atomic E-state index is 5.11. The summed E-state index contributed by atoms with van der Waals surface area (Å²) < 4.78 is 9.97. The van der Waals surface area contributed by atoms with Gasteiger partial charge in [-0.05, 0) is 12.8 Å². The van der Waals surface area contributed by atoms with Crippen LogP contribution in [0.5, 0.6) is 5.88 Å². The zero-order chi connectivity index (χ0) is 14.5. The molecular formula is C14H19N5O2. The molecule has 0 bridgehead atoms. The highest BCUT2D eigenvalue weighted by molar-refractivity contribution is 5.38.